The Kier molecular flexibility index (Phi) is 4.00. The van der Waals surface area contributed by atoms with Crippen molar-refractivity contribution in [3.8, 4) is 5.75 Å². The molecule has 1 fully saturated rings. The van der Waals surface area contributed by atoms with Crippen molar-refractivity contribution in [3.63, 3.8) is 0 Å². The standard InChI is InChI=1S/C12H16ClNOS/c1-3-8-7-16-12(14-8)11-9(13)5-4-6-10(11)15-2/h4-6,8,12,14H,3,7H2,1-2H3. The minimum atomic E-state index is 0.258. The Balaban J connectivity index is 2.26. The predicted molar refractivity (Wildman–Crippen MR) is 70.4 cm³/mol. The molecule has 88 valence electrons. The van der Waals surface area contributed by atoms with Crippen molar-refractivity contribution in [2.75, 3.05) is 12.9 Å². The van der Waals surface area contributed by atoms with Crippen LogP contribution in [0.15, 0.2) is 18.2 Å². The topological polar surface area (TPSA) is 21.3 Å². The van der Waals surface area contributed by atoms with Gasteiger partial charge in [0.05, 0.1) is 12.5 Å². The van der Waals surface area contributed by atoms with E-state index in [1.807, 2.05) is 30.0 Å². The monoisotopic (exact) mass is 257 g/mol. The molecule has 0 saturated carbocycles. The van der Waals surface area contributed by atoms with E-state index in [0.717, 1.165) is 28.5 Å². The van der Waals surface area contributed by atoms with Crippen molar-refractivity contribution in [1.82, 2.24) is 5.32 Å². The first-order valence-corrected chi connectivity index (χ1v) is 6.89. The highest BCUT2D eigenvalue weighted by atomic mass is 35.5. The summed E-state index contributed by atoms with van der Waals surface area (Å²) < 4.78 is 5.37. The summed E-state index contributed by atoms with van der Waals surface area (Å²) in [4.78, 5) is 0. The quantitative estimate of drug-likeness (QED) is 0.896. The Labute approximate surface area is 106 Å². The smallest absolute Gasteiger partial charge is 0.125 e. The summed E-state index contributed by atoms with van der Waals surface area (Å²) in [6.45, 7) is 2.20. The summed E-state index contributed by atoms with van der Waals surface area (Å²) in [5, 5.41) is 4.61. The fraction of sp³-hybridized carbons (Fsp3) is 0.500. The van der Waals surface area contributed by atoms with Crippen molar-refractivity contribution < 1.29 is 4.74 Å². The van der Waals surface area contributed by atoms with Gasteiger partial charge in [-0.1, -0.05) is 24.6 Å². The highest BCUT2D eigenvalue weighted by Crippen LogP contribution is 2.41. The van der Waals surface area contributed by atoms with Crippen LogP contribution in [0, 0.1) is 0 Å². The average molecular weight is 258 g/mol. The number of ether oxygens (including phenoxy) is 1. The second-order valence-electron chi connectivity index (χ2n) is 3.84. The number of hydrogen-bond acceptors (Lipinski definition) is 3. The number of nitrogens with one attached hydrogen (secondary N) is 1. The number of methoxy groups -OCH3 is 1. The molecule has 1 aromatic rings. The van der Waals surface area contributed by atoms with Gasteiger partial charge in [-0.3, -0.25) is 5.32 Å². The zero-order valence-electron chi connectivity index (χ0n) is 9.50. The zero-order valence-corrected chi connectivity index (χ0v) is 11.1. The Morgan fingerprint density at radius 1 is 1.56 bits per heavy atom. The molecule has 1 saturated heterocycles. The maximum Gasteiger partial charge on any atom is 0.125 e. The summed E-state index contributed by atoms with van der Waals surface area (Å²) in [6.07, 6.45) is 1.15. The molecular weight excluding hydrogens is 242 g/mol. The zero-order chi connectivity index (χ0) is 11.5. The van der Waals surface area contributed by atoms with Gasteiger partial charge in [0, 0.05) is 22.4 Å². The molecule has 0 amide bonds. The lowest BCUT2D eigenvalue weighted by atomic mass is 10.1. The Morgan fingerprint density at radius 3 is 3.00 bits per heavy atom. The van der Waals surface area contributed by atoms with E-state index < -0.39 is 0 Å². The fourth-order valence-electron chi connectivity index (χ4n) is 1.87. The first-order valence-electron chi connectivity index (χ1n) is 5.46. The van der Waals surface area contributed by atoms with E-state index in [2.05, 4.69) is 12.2 Å². The third-order valence-electron chi connectivity index (χ3n) is 2.84. The summed E-state index contributed by atoms with van der Waals surface area (Å²) in [7, 11) is 1.69. The molecule has 0 aromatic heterocycles. The van der Waals surface area contributed by atoms with Crippen LogP contribution in [0.3, 0.4) is 0 Å². The number of halogens is 1. The van der Waals surface area contributed by atoms with Gasteiger partial charge in [-0.25, -0.2) is 0 Å². The van der Waals surface area contributed by atoms with Crippen LogP contribution in [-0.4, -0.2) is 18.9 Å². The van der Waals surface area contributed by atoms with Gasteiger partial charge in [-0.05, 0) is 18.6 Å². The number of rotatable bonds is 3. The highest BCUT2D eigenvalue weighted by Gasteiger charge is 2.28. The van der Waals surface area contributed by atoms with E-state index in [4.69, 9.17) is 16.3 Å². The molecule has 0 aliphatic carbocycles. The van der Waals surface area contributed by atoms with Crippen LogP contribution in [0.1, 0.15) is 24.3 Å². The molecule has 1 aromatic carbocycles. The van der Waals surface area contributed by atoms with Crippen molar-refractivity contribution >= 4 is 23.4 Å². The summed E-state index contributed by atoms with van der Waals surface area (Å²) in [5.74, 6) is 2.00. The molecule has 4 heteroatoms. The van der Waals surface area contributed by atoms with Gasteiger partial charge < -0.3 is 4.74 Å². The Morgan fingerprint density at radius 2 is 2.38 bits per heavy atom. The van der Waals surface area contributed by atoms with Crippen molar-refractivity contribution in [2.24, 2.45) is 0 Å². The number of thioether (sulfide) groups is 1. The molecule has 0 radical (unpaired) electrons. The average Bonchev–Trinajstić information content (AvgIpc) is 2.76. The highest BCUT2D eigenvalue weighted by molar-refractivity contribution is 7.99. The van der Waals surface area contributed by atoms with E-state index in [0.29, 0.717) is 6.04 Å². The lowest BCUT2D eigenvalue weighted by Crippen LogP contribution is -2.25. The van der Waals surface area contributed by atoms with Crippen LogP contribution >= 0.6 is 23.4 Å². The normalized spacial score (nSPS) is 24.7. The third-order valence-corrected chi connectivity index (χ3v) is 4.47. The Bertz CT molecular complexity index is 372. The van der Waals surface area contributed by atoms with Crippen molar-refractivity contribution in [2.45, 2.75) is 24.8 Å². The third kappa shape index (κ3) is 2.31. The molecule has 1 N–H and O–H groups in total. The number of hydrogen-bond donors (Lipinski definition) is 1. The van der Waals surface area contributed by atoms with Crippen LogP contribution in [0.2, 0.25) is 5.02 Å². The van der Waals surface area contributed by atoms with Gasteiger partial charge in [-0.15, -0.1) is 11.8 Å². The van der Waals surface area contributed by atoms with E-state index in [9.17, 15) is 0 Å². The first-order chi connectivity index (χ1) is 7.76. The molecule has 16 heavy (non-hydrogen) atoms. The van der Waals surface area contributed by atoms with Gasteiger partial charge >= 0.3 is 0 Å². The minimum Gasteiger partial charge on any atom is -0.496 e. The van der Waals surface area contributed by atoms with Gasteiger partial charge in [-0.2, -0.15) is 0 Å². The minimum absolute atomic E-state index is 0.258. The van der Waals surface area contributed by atoms with Crippen LogP contribution in [0.5, 0.6) is 5.75 Å². The molecule has 1 heterocycles. The van der Waals surface area contributed by atoms with Gasteiger partial charge in [0.1, 0.15) is 5.75 Å². The van der Waals surface area contributed by atoms with Crippen molar-refractivity contribution in [1.29, 1.82) is 0 Å². The molecule has 2 nitrogen and oxygen atoms in total. The molecule has 2 unspecified atom stereocenters. The molecule has 2 atom stereocenters. The second-order valence-corrected chi connectivity index (χ2v) is 5.39. The summed E-state index contributed by atoms with van der Waals surface area (Å²) in [5.41, 5.74) is 1.08. The summed E-state index contributed by atoms with van der Waals surface area (Å²) >= 11 is 8.14. The Hall–Kier alpha value is -0.380. The first kappa shape index (κ1) is 12.1. The lowest BCUT2D eigenvalue weighted by molar-refractivity contribution is 0.406. The summed E-state index contributed by atoms with van der Waals surface area (Å²) in [6, 6.07) is 6.38. The fourth-order valence-corrected chi connectivity index (χ4v) is 3.67. The van der Waals surface area contributed by atoms with Gasteiger partial charge in [0.25, 0.3) is 0 Å². The molecular formula is C12H16ClNOS. The van der Waals surface area contributed by atoms with E-state index >= 15 is 0 Å². The van der Waals surface area contributed by atoms with E-state index in [1.54, 1.807) is 7.11 Å². The van der Waals surface area contributed by atoms with Gasteiger partial charge in [0.15, 0.2) is 0 Å². The molecule has 0 bridgehead atoms. The predicted octanol–water partition coefficient (Wildman–Crippen LogP) is 3.46. The molecule has 0 spiro atoms. The van der Waals surface area contributed by atoms with Gasteiger partial charge in [0.2, 0.25) is 0 Å². The van der Waals surface area contributed by atoms with Crippen LogP contribution in [-0.2, 0) is 0 Å². The maximum absolute atomic E-state index is 6.25. The SMILES string of the molecule is CCC1CSC(c2c(Cl)cccc2OC)N1. The molecule has 2 rings (SSSR count). The molecule has 1 aliphatic heterocycles. The second kappa shape index (κ2) is 5.30. The lowest BCUT2D eigenvalue weighted by Gasteiger charge is -2.17. The maximum atomic E-state index is 6.25. The largest absolute Gasteiger partial charge is 0.496 e. The van der Waals surface area contributed by atoms with Crippen molar-refractivity contribution in [3.05, 3.63) is 28.8 Å². The van der Waals surface area contributed by atoms with E-state index in [1.165, 1.54) is 0 Å². The van der Waals surface area contributed by atoms with Crippen LogP contribution < -0.4 is 10.1 Å². The molecule has 1 aliphatic rings. The van der Waals surface area contributed by atoms with Crippen LogP contribution in [0.25, 0.3) is 0 Å². The number of benzene rings is 1. The van der Waals surface area contributed by atoms with E-state index in [-0.39, 0.29) is 5.37 Å². The van der Waals surface area contributed by atoms with Crippen LogP contribution in [0.4, 0.5) is 0 Å².